The van der Waals surface area contributed by atoms with Gasteiger partial charge < -0.3 is 9.80 Å². The normalized spacial score (nSPS) is 16.4. The molecule has 2 aromatic heterocycles. The number of hydrogen-bond donors (Lipinski definition) is 0. The van der Waals surface area contributed by atoms with Gasteiger partial charge >= 0.3 is 0 Å². The first-order valence-electron chi connectivity index (χ1n) is 40.5. The molecule has 0 radical (unpaired) electrons. The molecule has 4 saturated carbocycles. The number of fused-ring (bicyclic) bond motifs is 4. The molecule has 4 nitrogen and oxygen atoms in total. The van der Waals surface area contributed by atoms with E-state index in [1.807, 2.05) is 12.4 Å². The average Bonchev–Trinajstić information content (AvgIpc) is 0.707. The van der Waals surface area contributed by atoms with Crippen LogP contribution in [0.25, 0.3) is 65.6 Å². The minimum Gasteiger partial charge on any atom is -0.310 e. The zero-order valence-electron chi connectivity index (χ0n) is 63.9. The summed E-state index contributed by atoms with van der Waals surface area (Å²) in [6, 6.07) is 64.8. The Morgan fingerprint density at radius 2 is 0.559 bits per heavy atom. The van der Waals surface area contributed by atoms with Crippen molar-refractivity contribution in [1.29, 1.82) is 0 Å². The summed E-state index contributed by atoms with van der Waals surface area (Å²) < 4.78 is 0. The van der Waals surface area contributed by atoms with Gasteiger partial charge in [-0.1, -0.05) is 221 Å². The zero-order valence-corrected chi connectivity index (χ0v) is 63.9. The standard InChI is InChI=1S/C98H114N4/c1-61(2)73-55-87(63(5)6)97(88(56-73)64(7)8)95-85-41-37-82(102(80-40-44-94-72(50-80)36-26-46-100-94)84-53-77(69-31-21-15-22-32-69)48-78(54-84)70-33-23-16-24-34-70)60-92(85)96(98-89(65(9)10)57-74(62(3)4)58-90(98)66(11)12)86-42-38-81(59-91(86)95)101(79-39-43-93-71(49-79)35-25-45-99-93)83-51-75(67-27-17-13-18-28-67)47-76(52-83)68-29-19-14-20-30-68/h25-26,35-70H,13-24,27-34H2,1-12H3. The van der Waals surface area contributed by atoms with Crippen molar-refractivity contribution in [2.75, 3.05) is 9.80 Å². The second-order valence-electron chi connectivity index (χ2n) is 33.8. The second-order valence-corrected chi connectivity index (χ2v) is 33.8. The first-order valence-corrected chi connectivity index (χ1v) is 40.5. The predicted octanol–water partition coefficient (Wildman–Crippen LogP) is 30.3. The molecule has 2 heterocycles. The van der Waals surface area contributed by atoms with E-state index in [4.69, 9.17) is 9.97 Å². The van der Waals surface area contributed by atoms with Gasteiger partial charge in [0.15, 0.2) is 0 Å². The number of hydrogen-bond acceptors (Lipinski definition) is 4. The highest BCUT2D eigenvalue weighted by Crippen LogP contribution is 2.55. The monoisotopic (exact) mass is 1350 g/mol. The minimum atomic E-state index is 0.253. The molecule has 0 unspecified atom stereocenters. The van der Waals surface area contributed by atoms with Crippen LogP contribution < -0.4 is 9.80 Å². The first kappa shape index (κ1) is 69.6. The van der Waals surface area contributed by atoms with Gasteiger partial charge in [0.1, 0.15) is 0 Å². The maximum absolute atomic E-state index is 4.93. The lowest BCUT2D eigenvalue weighted by Crippen LogP contribution is -2.14. The predicted molar refractivity (Wildman–Crippen MR) is 440 cm³/mol. The van der Waals surface area contributed by atoms with Crippen LogP contribution in [0.1, 0.15) is 326 Å². The molecule has 4 fully saturated rings. The number of benzene rings is 9. The summed E-state index contributed by atoms with van der Waals surface area (Å²) in [5.41, 5.74) is 29.5. The van der Waals surface area contributed by atoms with Crippen LogP contribution in [0.4, 0.5) is 34.1 Å². The van der Waals surface area contributed by atoms with Crippen molar-refractivity contribution in [3.63, 3.8) is 0 Å². The molecule has 15 rings (SSSR count). The molecule has 4 heteroatoms. The van der Waals surface area contributed by atoms with Crippen LogP contribution in [-0.4, -0.2) is 9.97 Å². The quantitative estimate of drug-likeness (QED) is 0.0802. The zero-order chi connectivity index (χ0) is 70.4. The largest absolute Gasteiger partial charge is 0.310 e. The Morgan fingerprint density at radius 1 is 0.265 bits per heavy atom. The number of anilines is 6. The fraction of sp³-hybridized carbons (Fsp3) is 0.429. The van der Waals surface area contributed by atoms with Gasteiger partial charge in [-0.2, -0.15) is 0 Å². The summed E-state index contributed by atoms with van der Waals surface area (Å²) in [6.45, 7) is 29.2. The van der Waals surface area contributed by atoms with Crippen molar-refractivity contribution >= 4 is 77.5 Å². The van der Waals surface area contributed by atoms with E-state index in [-0.39, 0.29) is 23.7 Å². The van der Waals surface area contributed by atoms with Gasteiger partial charge in [-0.15, -0.1) is 0 Å². The highest BCUT2D eigenvalue weighted by molar-refractivity contribution is 6.24. The van der Waals surface area contributed by atoms with Gasteiger partial charge in [0.25, 0.3) is 0 Å². The summed E-state index contributed by atoms with van der Waals surface area (Å²) in [6.07, 6.45) is 29.8. The van der Waals surface area contributed by atoms with E-state index in [9.17, 15) is 0 Å². The topological polar surface area (TPSA) is 32.3 Å². The molecule has 9 aromatic carbocycles. The van der Waals surface area contributed by atoms with E-state index in [2.05, 4.69) is 251 Å². The summed E-state index contributed by atoms with van der Waals surface area (Å²) in [7, 11) is 0. The third kappa shape index (κ3) is 13.9. The lowest BCUT2D eigenvalue weighted by Gasteiger charge is -2.33. The second kappa shape index (κ2) is 29.9. The number of pyridine rings is 2. The highest BCUT2D eigenvalue weighted by Gasteiger charge is 2.32. The molecular weight excluding hydrogens is 1230 g/mol. The van der Waals surface area contributed by atoms with Crippen LogP contribution in [0.3, 0.4) is 0 Å². The Hall–Kier alpha value is -8.08. The third-order valence-electron chi connectivity index (χ3n) is 24.8. The first-order chi connectivity index (χ1) is 49.5. The van der Waals surface area contributed by atoms with Crippen molar-refractivity contribution < 1.29 is 0 Å². The van der Waals surface area contributed by atoms with E-state index < -0.39 is 0 Å². The molecule has 11 aromatic rings. The van der Waals surface area contributed by atoms with Crippen LogP contribution >= 0.6 is 0 Å². The van der Waals surface area contributed by atoms with Gasteiger partial charge in [0.2, 0.25) is 0 Å². The molecular formula is C98H114N4. The van der Waals surface area contributed by atoms with Crippen LogP contribution in [0.2, 0.25) is 0 Å². The van der Waals surface area contributed by atoms with Crippen LogP contribution in [0, 0.1) is 0 Å². The Kier molecular flexibility index (Phi) is 20.4. The SMILES string of the molecule is CC(C)c1cc(C(C)C)c(-c2c3ccc(N(c4cc(C5CCCCC5)cc(C5CCCCC5)c4)c4ccc5ncccc5c4)cc3c(-c3c(C(C)C)cc(C(C)C)cc3C(C)C)c3ccc(N(c4cc(C5CCCCC5)cc(C5CCCCC5)c4)c4ccc5ncccc5c4)cc23)c(C(C)C)c1. The van der Waals surface area contributed by atoms with Gasteiger partial charge in [-0.3, -0.25) is 9.97 Å². The van der Waals surface area contributed by atoms with Gasteiger partial charge in [-0.25, -0.2) is 0 Å². The third-order valence-corrected chi connectivity index (χ3v) is 24.8. The highest BCUT2D eigenvalue weighted by atomic mass is 15.1. The number of rotatable bonds is 18. The molecule has 0 atom stereocenters. The summed E-state index contributed by atoms with van der Waals surface area (Å²) in [5, 5.41) is 7.53. The minimum absolute atomic E-state index is 0.253. The lowest BCUT2D eigenvalue weighted by atomic mass is 9.75. The average molecular weight is 1350 g/mol. The van der Waals surface area contributed by atoms with Crippen molar-refractivity contribution in [2.24, 2.45) is 0 Å². The van der Waals surface area contributed by atoms with Gasteiger partial charge in [0.05, 0.1) is 11.0 Å². The van der Waals surface area contributed by atoms with Gasteiger partial charge in [0, 0.05) is 57.3 Å². The van der Waals surface area contributed by atoms with E-state index in [0.29, 0.717) is 35.5 Å². The van der Waals surface area contributed by atoms with Crippen molar-refractivity contribution in [2.45, 2.75) is 271 Å². The molecule has 0 spiro atoms. The Labute approximate surface area is 612 Å². The molecule has 526 valence electrons. The van der Waals surface area contributed by atoms with Crippen LogP contribution in [-0.2, 0) is 0 Å². The lowest BCUT2D eigenvalue weighted by molar-refractivity contribution is 0.435. The fourth-order valence-electron chi connectivity index (χ4n) is 19.1. The molecule has 4 aliphatic carbocycles. The number of nitrogens with zero attached hydrogens (tertiary/aromatic N) is 4. The van der Waals surface area contributed by atoms with E-state index in [1.165, 1.54) is 262 Å². The van der Waals surface area contributed by atoms with Crippen molar-refractivity contribution in [1.82, 2.24) is 9.97 Å². The van der Waals surface area contributed by atoms with Crippen molar-refractivity contribution in [3.05, 3.63) is 226 Å². The Bertz CT molecular complexity index is 4400. The molecule has 4 aliphatic rings. The molecule has 0 bridgehead atoms. The smallest absolute Gasteiger partial charge is 0.0703 e. The van der Waals surface area contributed by atoms with Crippen LogP contribution in [0.5, 0.6) is 0 Å². The maximum Gasteiger partial charge on any atom is 0.0703 e. The summed E-state index contributed by atoms with van der Waals surface area (Å²) in [5.74, 6) is 4.00. The van der Waals surface area contributed by atoms with E-state index >= 15 is 0 Å². The van der Waals surface area contributed by atoms with Crippen molar-refractivity contribution in [3.8, 4) is 22.3 Å². The van der Waals surface area contributed by atoms with Crippen LogP contribution in [0.15, 0.2) is 170 Å². The molecule has 0 aliphatic heterocycles. The molecule has 0 N–H and O–H groups in total. The maximum atomic E-state index is 4.93. The van der Waals surface area contributed by atoms with E-state index in [0.717, 1.165) is 21.8 Å². The van der Waals surface area contributed by atoms with Gasteiger partial charge in [-0.05, 0) is 307 Å². The Balaban J connectivity index is 1.10. The molecule has 0 saturated heterocycles. The van der Waals surface area contributed by atoms with E-state index in [1.54, 1.807) is 0 Å². The summed E-state index contributed by atoms with van der Waals surface area (Å²) >= 11 is 0. The number of aromatic nitrogens is 2. The summed E-state index contributed by atoms with van der Waals surface area (Å²) in [4.78, 5) is 15.2. The molecule has 0 amide bonds. The fourth-order valence-corrected chi connectivity index (χ4v) is 19.1. The molecule has 102 heavy (non-hydrogen) atoms. The Morgan fingerprint density at radius 3 is 0.853 bits per heavy atom.